The maximum atomic E-state index is 12.2. The van der Waals surface area contributed by atoms with E-state index in [4.69, 9.17) is 9.47 Å². The topological polar surface area (TPSA) is 51.7 Å². The van der Waals surface area contributed by atoms with Crippen LogP contribution in [0.3, 0.4) is 0 Å². The van der Waals surface area contributed by atoms with Crippen LogP contribution in [-0.2, 0) is 11.3 Å². The van der Waals surface area contributed by atoms with Crippen LogP contribution in [0, 0.1) is 5.92 Å². The Hall–Kier alpha value is -2.30. The van der Waals surface area contributed by atoms with Gasteiger partial charge in [-0.15, -0.1) is 0 Å². The van der Waals surface area contributed by atoms with E-state index < -0.39 is 0 Å². The molecule has 2 aromatic rings. The normalized spacial score (nSPS) is 17.9. The Kier molecular flexibility index (Phi) is 3.13. The molecule has 0 spiro atoms. The van der Waals surface area contributed by atoms with Crippen LogP contribution >= 0.6 is 0 Å². The second-order valence-corrected chi connectivity index (χ2v) is 6.02. The van der Waals surface area contributed by atoms with Crippen LogP contribution in [0.5, 0.6) is 11.6 Å². The van der Waals surface area contributed by atoms with E-state index in [1.807, 2.05) is 23.1 Å². The van der Waals surface area contributed by atoms with Crippen molar-refractivity contribution < 1.29 is 14.3 Å². The second kappa shape index (κ2) is 5.16. The van der Waals surface area contributed by atoms with E-state index in [0.717, 1.165) is 28.8 Å². The number of ether oxygens (including phenoxy) is 2. The Morgan fingerprint density at radius 3 is 3.00 bits per heavy atom. The van der Waals surface area contributed by atoms with E-state index in [1.165, 1.54) is 12.8 Å². The van der Waals surface area contributed by atoms with Crippen LogP contribution in [0.25, 0.3) is 10.9 Å². The lowest BCUT2D eigenvalue weighted by molar-refractivity contribution is -0.133. The third-order valence-electron chi connectivity index (χ3n) is 4.28. The predicted octanol–water partition coefficient (Wildman–Crippen LogP) is 2.37. The van der Waals surface area contributed by atoms with Gasteiger partial charge in [0.2, 0.25) is 5.88 Å². The SMILES string of the molecule is COc1ccc2nc3c(cc2c1)CN(CC1CC1)C(=O)CO3. The monoisotopic (exact) mass is 298 g/mol. The predicted molar refractivity (Wildman–Crippen MR) is 81.9 cm³/mol. The van der Waals surface area contributed by atoms with Gasteiger partial charge in [0.05, 0.1) is 19.2 Å². The number of carbonyl (C=O) groups excluding carboxylic acids is 1. The first-order valence-corrected chi connectivity index (χ1v) is 7.61. The average Bonchev–Trinajstić information content (AvgIpc) is 3.35. The average molecular weight is 298 g/mol. The maximum Gasteiger partial charge on any atom is 0.260 e. The van der Waals surface area contributed by atoms with Crippen molar-refractivity contribution in [3.05, 3.63) is 29.8 Å². The van der Waals surface area contributed by atoms with Gasteiger partial charge < -0.3 is 14.4 Å². The number of fused-ring (bicyclic) bond motifs is 2. The van der Waals surface area contributed by atoms with Crippen molar-refractivity contribution in [3.63, 3.8) is 0 Å². The highest BCUT2D eigenvalue weighted by molar-refractivity contribution is 5.83. The molecule has 0 bridgehead atoms. The zero-order valence-electron chi connectivity index (χ0n) is 12.5. The number of methoxy groups -OCH3 is 1. The first kappa shape index (κ1) is 13.4. The molecule has 1 aromatic carbocycles. The molecule has 22 heavy (non-hydrogen) atoms. The summed E-state index contributed by atoms with van der Waals surface area (Å²) in [6, 6.07) is 7.80. The summed E-state index contributed by atoms with van der Waals surface area (Å²) in [5, 5.41) is 1.00. The van der Waals surface area contributed by atoms with Crippen LogP contribution in [0.1, 0.15) is 18.4 Å². The van der Waals surface area contributed by atoms with Crippen LogP contribution < -0.4 is 9.47 Å². The minimum absolute atomic E-state index is 0.0477. The van der Waals surface area contributed by atoms with Gasteiger partial charge in [0.1, 0.15) is 5.75 Å². The van der Waals surface area contributed by atoms with E-state index in [0.29, 0.717) is 18.3 Å². The summed E-state index contributed by atoms with van der Waals surface area (Å²) < 4.78 is 10.9. The van der Waals surface area contributed by atoms with Crippen LogP contribution in [-0.4, -0.2) is 36.1 Å². The van der Waals surface area contributed by atoms with Gasteiger partial charge in [-0.3, -0.25) is 4.79 Å². The summed E-state index contributed by atoms with van der Waals surface area (Å²) in [6.07, 6.45) is 2.45. The molecule has 0 radical (unpaired) electrons. The Morgan fingerprint density at radius 2 is 2.23 bits per heavy atom. The first-order valence-electron chi connectivity index (χ1n) is 7.61. The van der Waals surface area contributed by atoms with Crippen molar-refractivity contribution in [2.75, 3.05) is 20.3 Å². The molecule has 1 aromatic heterocycles. The number of rotatable bonds is 3. The molecule has 1 aliphatic heterocycles. The van der Waals surface area contributed by atoms with Gasteiger partial charge >= 0.3 is 0 Å². The van der Waals surface area contributed by atoms with Crippen LogP contribution in [0.15, 0.2) is 24.3 Å². The molecule has 0 atom stereocenters. The summed E-state index contributed by atoms with van der Waals surface area (Å²) in [5.74, 6) is 2.09. The number of aromatic nitrogens is 1. The summed E-state index contributed by atoms with van der Waals surface area (Å²) in [5.41, 5.74) is 1.81. The molecule has 2 heterocycles. The molecule has 4 rings (SSSR count). The molecule has 1 amide bonds. The van der Waals surface area contributed by atoms with Gasteiger partial charge in [-0.25, -0.2) is 4.98 Å². The Morgan fingerprint density at radius 1 is 1.36 bits per heavy atom. The van der Waals surface area contributed by atoms with E-state index in [9.17, 15) is 4.79 Å². The van der Waals surface area contributed by atoms with Gasteiger partial charge in [0, 0.05) is 17.5 Å². The zero-order chi connectivity index (χ0) is 15.1. The quantitative estimate of drug-likeness (QED) is 0.873. The van der Waals surface area contributed by atoms with Gasteiger partial charge in [0.25, 0.3) is 5.91 Å². The molecule has 114 valence electrons. The number of pyridine rings is 1. The summed E-state index contributed by atoms with van der Waals surface area (Å²) >= 11 is 0. The summed E-state index contributed by atoms with van der Waals surface area (Å²) in [7, 11) is 1.65. The number of hydrogen-bond acceptors (Lipinski definition) is 4. The van der Waals surface area contributed by atoms with Gasteiger partial charge in [-0.05, 0) is 43.0 Å². The Bertz CT molecular complexity index is 740. The maximum absolute atomic E-state index is 12.2. The molecule has 0 unspecified atom stereocenters. The highest BCUT2D eigenvalue weighted by Gasteiger charge is 2.29. The molecule has 1 saturated carbocycles. The van der Waals surface area contributed by atoms with Crippen LogP contribution in [0.4, 0.5) is 0 Å². The number of nitrogens with zero attached hydrogens (tertiary/aromatic N) is 2. The standard InChI is InChI=1S/C17H18N2O3/c1-21-14-4-5-15-12(7-14)6-13-9-19(8-11-2-3-11)16(20)10-22-17(13)18-15/h4-7,11H,2-3,8-10H2,1H3. The van der Waals surface area contributed by atoms with E-state index in [-0.39, 0.29) is 12.5 Å². The second-order valence-electron chi connectivity index (χ2n) is 6.02. The smallest absolute Gasteiger partial charge is 0.260 e. The molecule has 0 N–H and O–H groups in total. The van der Waals surface area contributed by atoms with Crippen LogP contribution in [0.2, 0.25) is 0 Å². The number of benzene rings is 1. The highest BCUT2D eigenvalue weighted by Crippen LogP contribution is 2.32. The minimum atomic E-state index is 0.0477. The Balaban J connectivity index is 1.72. The Labute approximate surface area is 128 Å². The molecule has 2 aliphatic rings. The molecule has 5 nitrogen and oxygen atoms in total. The van der Waals surface area contributed by atoms with Crippen molar-refractivity contribution in [3.8, 4) is 11.6 Å². The third kappa shape index (κ3) is 2.47. The molecular weight excluding hydrogens is 280 g/mol. The number of amides is 1. The van der Waals surface area contributed by atoms with Crippen molar-refractivity contribution in [2.24, 2.45) is 5.92 Å². The molecule has 1 fully saturated rings. The van der Waals surface area contributed by atoms with E-state index >= 15 is 0 Å². The molecular formula is C17H18N2O3. The lowest BCUT2D eigenvalue weighted by Crippen LogP contribution is -2.34. The molecule has 0 saturated heterocycles. The van der Waals surface area contributed by atoms with Gasteiger partial charge in [0.15, 0.2) is 6.61 Å². The lowest BCUT2D eigenvalue weighted by atomic mass is 10.1. The van der Waals surface area contributed by atoms with Gasteiger partial charge in [-0.2, -0.15) is 0 Å². The molecule has 5 heteroatoms. The van der Waals surface area contributed by atoms with Crippen molar-refractivity contribution in [2.45, 2.75) is 19.4 Å². The van der Waals surface area contributed by atoms with Crippen molar-refractivity contribution >= 4 is 16.8 Å². The molecule has 1 aliphatic carbocycles. The van der Waals surface area contributed by atoms with E-state index in [2.05, 4.69) is 11.1 Å². The highest BCUT2D eigenvalue weighted by atomic mass is 16.5. The van der Waals surface area contributed by atoms with Gasteiger partial charge in [-0.1, -0.05) is 0 Å². The fourth-order valence-electron chi connectivity index (χ4n) is 2.84. The summed E-state index contributed by atoms with van der Waals surface area (Å²) in [4.78, 5) is 18.7. The van der Waals surface area contributed by atoms with Crippen molar-refractivity contribution in [1.29, 1.82) is 0 Å². The lowest BCUT2D eigenvalue weighted by Gasteiger charge is -2.19. The largest absolute Gasteiger partial charge is 0.497 e. The van der Waals surface area contributed by atoms with Crippen molar-refractivity contribution in [1.82, 2.24) is 9.88 Å². The number of hydrogen-bond donors (Lipinski definition) is 0. The fourth-order valence-corrected chi connectivity index (χ4v) is 2.84. The third-order valence-corrected chi connectivity index (χ3v) is 4.28. The fraction of sp³-hybridized carbons (Fsp3) is 0.412. The minimum Gasteiger partial charge on any atom is -0.497 e. The zero-order valence-corrected chi connectivity index (χ0v) is 12.5. The summed E-state index contributed by atoms with van der Waals surface area (Å²) in [6.45, 7) is 1.48. The van der Waals surface area contributed by atoms with E-state index in [1.54, 1.807) is 7.11 Å². The number of carbonyl (C=O) groups is 1. The first-order chi connectivity index (χ1) is 10.7.